The van der Waals surface area contributed by atoms with E-state index >= 15 is 0 Å². The molecule has 16 rings (SSSR count). The fourth-order valence-electron chi connectivity index (χ4n) is 13.6. The van der Waals surface area contributed by atoms with E-state index in [-0.39, 0.29) is 0 Å². The molecule has 0 aromatic heterocycles. The summed E-state index contributed by atoms with van der Waals surface area (Å²) >= 11 is 0. The van der Waals surface area contributed by atoms with Gasteiger partial charge in [-0.25, -0.2) is 0 Å². The van der Waals surface area contributed by atoms with Crippen molar-refractivity contribution in [3.8, 4) is 67.5 Å². The van der Waals surface area contributed by atoms with Gasteiger partial charge in [0.1, 0.15) is 23.0 Å². The maximum atomic E-state index is 6.85. The molecule has 2 aliphatic carbocycles. The first kappa shape index (κ1) is 41.9. The van der Waals surface area contributed by atoms with E-state index in [1.165, 1.54) is 66.4 Å². The van der Waals surface area contributed by atoms with Crippen molar-refractivity contribution in [2.24, 2.45) is 0 Å². The molecule has 0 saturated carbocycles. The fraction of sp³-hybridized carbons (Fsp3) is 0.0278. The molecule has 2 spiro atoms. The van der Waals surface area contributed by atoms with E-state index in [1.54, 1.807) is 0 Å². The number of ether oxygens (including phenoxy) is 2. The predicted molar refractivity (Wildman–Crippen MR) is 304 cm³/mol. The number of nitrogens with zero attached hydrogens (tertiary/aromatic N) is 1. The summed E-state index contributed by atoms with van der Waals surface area (Å²) in [5.41, 5.74) is 20.9. The van der Waals surface area contributed by atoms with Crippen LogP contribution >= 0.6 is 0 Å². The maximum Gasteiger partial charge on any atom is 0.132 e. The molecule has 0 amide bonds. The van der Waals surface area contributed by atoms with Crippen LogP contribution in [0.25, 0.3) is 55.3 Å². The number of anilines is 3. The van der Waals surface area contributed by atoms with Gasteiger partial charge in [0.2, 0.25) is 0 Å². The van der Waals surface area contributed by atoms with Gasteiger partial charge < -0.3 is 14.4 Å². The highest BCUT2D eigenvalue weighted by Gasteiger charge is 2.54. The van der Waals surface area contributed by atoms with Gasteiger partial charge in [0.15, 0.2) is 0 Å². The number of hydrogen-bond acceptors (Lipinski definition) is 3. The molecule has 3 heteroatoms. The molecule has 2 aliphatic heterocycles. The SMILES string of the molecule is c1ccc(-c2ccc(-c3ccccc3N(c3ccc4c(c3)C3(c5ccccc5Oc5ccccc53)c3ccccc3-4)c3cccc4c3-c3c(ccc5ccccc35)C43c4ccccc4Oc4ccccc43)cc2)cc1. The third-order valence-electron chi connectivity index (χ3n) is 16.6. The van der Waals surface area contributed by atoms with Gasteiger partial charge in [0, 0.05) is 39.1 Å². The highest BCUT2D eigenvalue weighted by atomic mass is 16.5. The molecule has 75 heavy (non-hydrogen) atoms. The average molecular weight is 956 g/mol. The van der Waals surface area contributed by atoms with E-state index in [0.717, 1.165) is 73.4 Å². The predicted octanol–water partition coefficient (Wildman–Crippen LogP) is 18.6. The Morgan fingerprint density at radius 3 is 1.40 bits per heavy atom. The molecule has 4 aliphatic rings. The molecule has 3 nitrogen and oxygen atoms in total. The number of para-hydroxylation sites is 5. The number of rotatable bonds is 5. The van der Waals surface area contributed by atoms with Crippen LogP contribution in [0.1, 0.15) is 44.5 Å². The summed E-state index contributed by atoms with van der Waals surface area (Å²) in [5.74, 6) is 3.49. The summed E-state index contributed by atoms with van der Waals surface area (Å²) in [6.45, 7) is 0. The molecule has 2 heterocycles. The summed E-state index contributed by atoms with van der Waals surface area (Å²) in [4.78, 5) is 2.56. The van der Waals surface area contributed by atoms with Crippen molar-refractivity contribution in [3.63, 3.8) is 0 Å². The van der Waals surface area contributed by atoms with Crippen molar-refractivity contribution in [1.29, 1.82) is 0 Å². The number of hydrogen-bond donors (Lipinski definition) is 0. The Morgan fingerprint density at radius 1 is 0.267 bits per heavy atom. The van der Waals surface area contributed by atoms with Crippen LogP contribution in [-0.2, 0) is 10.8 Å². The third-order valence-corrected chi connectivity index (χ3v) is 16.6. The Balaban J connectivity index is 1.02. The monoisotopic (exact) mass is 955 g/mol. The van der Waals surface area contributed by atoms with Crippen LogP contribution in [0.5, 0.6) is 23.0 Å². The summed E-state index contributed by atoms with van der Waals surface area (Å²) in [7, 11) is 0. The van der Waals surface area contributed by atoms with Crippen molar-refractivity contribution < 1.29 is 9.47 Å². The Hall–Kier alpha value is -9.70. The molecule has 0 saturated heterocycles. The normalized spacial score (nSPS) is 14.0. The lowest BCUT2D eigenvalue weighted by Gasteiger charge is -2.40. The van der Waals surface area contributed by atoms with E-state index in [0.29, 0.717) is 0 Å². The lowest BCUT2D eigenvalue weighted by molar-refractivity contribution is 0.436. The van der Waals surface area contributed by atoms with Gasteiger partial charge >= 0.3 is 0 Å². The molecule has 0 atom stereocenters. The quantitative estimate of drug-likeness (QED) is 0.172. The van der Waals surface area contributed by atoms with E-state index < -0.39 is 10.8 Å². The lowest BCUT2D eigenvalue weighted by atomic mass is 9.66. The van der Waals surface area contributed by atoms with Crippen LogP contribution in [0.4, 0.5) is 17.1 Å². The zero-order chi connectivity index (χ0) is 49.2. The largest absolute Gasteiger partial charge is 0.457 e. The molecule has 12 aromatic rings. The van der Waals surface area contributed by atoms with Gasteiger partial charge in [-0.15, -0.1) is 0 Å². The van der Waals surface area contributed by atoms with Crippen LogP contribution in [0.3, 0.4) is 0 Å². The maximum absolute atomic E-state index is 6.85. The Morgan fingerprint density at radius 2 is 0.733 bits per heavy atom. The molecular formula is C72H45NO2. The second kappa shape index (κ2) is 15.9. The van der Waals surface area contributed by atoms with E-state index in [9.17, 15) is 0 Å². The van der Waals surface area contributed by atoms with Crippen LogP contribution in [0.2, 0.25) is 0 Å². The molecule has 12 aromatic carbocycles. The fourth-order valence-corrected chi connectivity index (χ4v) is 13.6. The number of benzene rings is 12. The van der Waals surface area contributed by atoms with Gasteiger partial charge in [-0.05, 0) is 115 Å². The summed E-state index contributed by atoms with van der Waals surface area (Å²) < 4.78 is 13.7. The molecule has 0 N–H and O–H groups in total. The third kappa shape index (κ3) is 5.70. The Kier molecular flexibility index (Phi) is 8.88. The first-order valence-electron chi connectivity index (χ1n) is 25.9. The highest BCUT2D eigenvalue weighted by Crippen LogP contribution is 2.67. The van der Waals surface area contributed by atoms with Crippen LogP contribution in [-0.4, -0.2) is 0 Å². The minimum absolute atomic E-state index is 0.660. The molecule has 0 bridgehead atoms. The smallest absolute Gasteiger partial charge is 0.132 e. The standard InChI is InChI=1S/C72H45NO2/c1-2-19-46(20-3-1)47-37-39-49(40-38-47)51-22-7-13-31-63(51)73(50-42-43-54-53-24-6-8-25-55(53)71(62(54)45-50)56-26-9-14-33-65(56)74-66-34-15-10-27-57(66)71)64-32-18-30-60-70(64)69-52-23-5-4-21-48(52)41-44-61(69)72(60)58-28-11-16-35-67(58)75-68-36-17-12-29-59(68)72/h1-45H. The minimum Gasteiger partial charge on any atom is -0.457 e. The lowest BCUT2D eigenvalue weighted by Crippen LogP contribution is -2.32. The summed E-state index contributed by atoms with van der Waals surface area (Å²) in [6.07, 6.45) is 0. The van der Waals surface area contributed by atoms with Crippen molar-refractivity contribution >= 4 is 27.8 Å². The van der Waals surface area contributed by atoms with Gasteiger partial charge in [0.05, 0.1) is 22.2 Å². The summed E-state index contributed by atoms with van der Waals surface area (Å²) in [6, 6.07) is 100. The van der Waals surface area contributed by atoms with Crippen molar-refractivity contribution in [2.75, 3.05) is 4.90 Å². The van der Waals surface area contributed by atoms with Crippen molar-refractivity contribution in [1.82, 2.24) is 0 Å². The zero-order valence-electron chi connectivity index (χ0n) is 40.7. The van der Waals surface area contributed by atoms with Gasteiger partial charge in [-0.1, -0.05) is 224 Å². The molecule has 0 unspecified atom stereocenters. The Bertz CT molecular complexity index is 4230. The molecule has 0 fully saturated rings. The molecule has 350 valence electrons. The van der Waals surface area contributed by atoms with Crippen LogP contribution in [0, 0.1) is 0 Å². The van der Waals surface area contributed by atoms with Gasteiger partial charge in [0.25, 0.3) is 0 Å². The van der Waals surface area contributed by atoms with Crippen molar-refractivity contribution in [2.45, 2.75) is 10.8 Å². The zero-order valence-corrected chi connectivity index (χ0v) is 40.7. The topological polar surface area (TPSA) is 21.7 Å². The second-order valence-corrected chi connectivity index (χ2v) is 20.2. The van der Waals surface area contributed by atoms with E-state index in [1.807, 2.05) is 0 Å². The molecular weight excluding hydrogens is 911 g/mol. The summed E-state index contributed by atoms with van der Waals surface area (Å²) in [5, 5.41) is 2.41. The first-order chi connectivity index (χ1) is 37.2. The van der Waals surface area contributed by atoms with Crippen molar-refractivity contribution in [3.05, 3.63) is 317 Å². The van der Waals surface area contributed by atoms with Crippen LogP contribution in [0.15, 0.2) is 273 Å². The van der Waals surface area contributed by atoms with Gasteiger partial charge in [-0.2, -0.15) is 0 Å². The average Bonchev–Trinajstić information content (AvgIpc) is 3.99. The second-order valence-electron chi connectivity index (χ2n) is 20.2. The molecule has 0 radical (unpaired) electrons. The minimum atomic E-state index is -0.687. The van der Waals surface area contributed by atoms with E-state index in [4.69, 9.17) is 9.47 Å². The van der Waals surface area contributed by atoms with E-state index in [2.05, 4.69) is 278 Å². The number of fused-ring (bicyclic) bond motifs is 20. The first-order valence-corrected chi connectivity index (χ1v) is 25.9. The highest BCUT2D eigenvalue weighted by molar-refractivity contribution is 6.10. The van der Waals surface area contributed by atoms with Gasteiger partial charge in [-0.3, -0.25) is 0 Å². The van der Waals surface area contributed by atoms with Crippen LogP contribution < -0.4 is 14.4 Å². The Labute approximate surface area is 435 Å².